The minimum Gasteiger partial charge on any atom is -0.344 e. The van der Waals surface area contributed by atoms with E-state index >= 15 is 0 Å². The van der Waals surface area contributed by atoms with Crippen molar-refractivity contribution >= 4 is 29.1 Å². The topological polar surface area (TPSA) is 32.3 Å². The number of hydrogen-bond donors (Lipinski definition) is 1. The van der Waals surface area contributed by atoms with Crippen LogP contribution in [0, 0.1) is 5.92 Å². The third kappa shape index (κ3) is 5.73. The Morgan fingerprint density at radius 3 is 2.29 bits per heavy atom. The lowest BCUT2D eigenvalue weighted by Crippen LogP contribution is -2.44. The first-order valence-corrected chi connectivity index (χ1v) is 10.6. The molecule has 1 N–H and O–H groups in total. The molecule has 0 spiro atoms. The van der Waals surface area contributed by atoms with Gasteiger partial charge in [0.05, 0.1) is 21.7 Å². The lowest BCUT2D eigenvalue weighted by Gasteiger charge is -2.35. The van der Waals surface area contributed by atoms with Crippen molar-refractivity contribution in [2.45, 2.75) is 45.7 Å². The molecule has 0 aliphatic heterocycles. The Balaban J connectivity index is 2.27. The lowest BCUT2D eigenvalue weighted by molar-refractivity contribution is 0.0898. The SMILES string of the molecule is CCC(CC)CN(C)C(C)[C@H](NC(=O)c1cccc(Cl)c1Cl)c1ccccc1. The first-order valence-electron chi connectivity index (χ1n) is 9.89. The second kappa shape index (κ2) is 10.8. The molecular formula is C23H30Cl2N2O. The molecule has 0 bridgehead atoms. The molecule has 5 heteroatoms. The van der Waals surface area contributed by atoms with Crippen LogP contribution in [0.4, 0.5) is 0 Å². The van der Waals surface area contributed by atoms with E-state index in [1.165, 1.54) is 0 Å². The number of amides is 1. The van der Waals surface area contributed by atoms with Gasteiger partial charge in [-0.2, -0.15) is 0 Å². The number of hydrogen-bond acceptors (Lipinski definition) is 2. The molecule has 0 radical (unpaired) electrons. The smallest absolute Gasteiger partial charge is 0.253 e. The molecule has 1 unspecified atom stereocenters. The standard InChI is InChI=1S/C23H30Cl2N2O/c1-5-17(6-2)15-27(4)16(3)22(18-11-8-7-9-12-18)26-23(28)19-13-10-14-20(24)21(19)25/h7-14,16-17,22H,5-6,15H2,1-4H3,(H,26,28)/t16?,22-/m0/s1. The van der Waals surface area contributed by atoms with Gasteiger partial charge in [0, 0.05) is 12.6 Å². The summed E-state index contributed by atoms with van der Waals surface area (Å²) < 4.78 is 0. The number of benzene rings is 2. The highest BCUT2D eigenvalue weighted by molar-refractivity contribution is 6.43. The van der Waals surface area contributed by atoms with Crippen LogP contribution in [-0.2, 0) is 0 Å². The van der Waals surface area contributed by atoms with Crippen LogP contribution in [0.15, 0.2) is 48.5 Å². The van der Waals surface area contributed by atoms with Gasteiger partial charge in [0.2, 0.25) is 0 Å². The molecule has 152 valence electrons. The van der Waals surface area contributed by atoms with Crippen LogP contribution < -0.4 is 5.32 Å². The number of carbonyl (C=O) groups is 1. The van der Waals surface area contributed by atoms with Crippen molar-refractivity contribution < 1.29 is 4.79 Å². The quantitative estimate of drug-likeness (QED) is 0.521. The van der Waals surface area contributed by atoms with E-state index in [1.807, 2.05) is 30.3 Å². The van der Waals surface area contributed by atoms with Crippen molar-refractivity contribution in [3.63, 3.8) is 0 Å². The summed E-state index contributed by atoms with van der Waals surface area (Å²) in [6, 6.07) is 15.1. The zero-order chi connectivity index (χ0) is 20.7. The van der Waals surface area contributed by atoms with Gasteiger partial charge in [-0.25, -0.2) is 0 Å². The van der Waals surface area contributed by atoms with Crippen molar-refractivity contribution in [3.8, 4) is 0 Å². The Labute approximate surface area is 179 Å². The summed E-state index contributed by atoms with van der Waals surface area (Å²) in [4.78, 5) is 15.3. The van der Waals surface area contributed by atoms with Crippen LogP contribution in [0.5, 0.6) is 0 Å². The number of rotatable bonds is 9. The molecule has 0 saturated heterocycles. The molecule has 2 aromatic rings. The molecule has 0 saturated carbocycles. The van der Waals surface area contributed by atoms with Gasteiger partial charge in [-0.05, 0) is 37.6 Å². The van der Waals surface area contributed by atoms with E-state index in [2.05, 4.69) is 38.0 Å². The molecule has 2 rings (SSSR count). The molecule has 2 atom stereocenters. The molecule has 1 amide bonds. The van der Waals surface area contributed by atoms with E-state index in [4.69, 9.17) is 23.2 Å². The highest BCUT2D eigenvalue weighted by Gasteiger charge is 2.27. The molecule has 0 aromatic heterocycles. The van der Waals surface area contributed by atoms with Crippen LogP contribution in [0.3, 0.4) is 0 Å². The van der Waals surface area contributed by atoms with Gasteiger partial charge in [0.1, 0.15) is 0 Å². The summed E-state index contributed by atoms with van der Waals surface area (Å²) in [5, 5.41) is 3.85. The number of likely N-dealkylation sites (N-methyl/N-ethyl adjacent to an activating group) is 1. The minimum absolute atomic E-state index is 0.116. The zero-order valence-electron chi connectivity index (χ0n) is 17.1. The fraction of sp³-hybridized carbons (Fsp3) is 0.435. The number of halogens is 2. The maximum atomic E-state index is 13.0. The van der Waals surface area contributed by atoms with Crippen molar-refractivity contribution in [1.82, 2.24) is 10.2 Å². The Bertz CT molecular complexity index is 762. The van der Waals surface area contributed by atoms with E-state index < -0.39 is 0 Å². The monoisotopic (exact) mass is 420 g/mol. The fourth-order valence-electron chi connectivity index (χ4n) is 3.42. The average molecular weight is 421 g/mol. The average Bonchev–Trinajstić information content (AvgIpc) is 2.71. The normalized spacial score (nSPS) is 13.6. The van der Waals surface area contributed by atoms with E-state index in [9.17, 15) is 4.79 Å². The van der Waals surface area contributed by atoms with Crippen LogP contribution in [0.2, 0.25) is 10.0 Å². The first-order chi connectivity index (χ1) is 13.4. The number of carbonyl (C=O) groups excluding carboxylic acids is 1. The van der Waals surface area contributed by atoms with Gasteiger partial charge >= 0.3 is 0 Å². The van der Waals surface area contributed by atoms with Crippen LogP contribution in [-0.4, -0.2) is 30.4 Å². The predicted octanol–water partition coefficient (Wildman–Crippen LogP) is 6.22. The Morgan fingerprint density at radius 2 is 1.68 bits per heavy atom. The van der Waals surface area contributed by atoms with Gasteiger partial charge in [-0.1, -0.05) is 86.3 Å². The summed E-state index contributed by atoms with van der Waals surface area (Å²) in [5.41, 5.74) is 1.46. The Hall–Kier alpha value is -1.55. The predicted molar refractivity (Wildman–Crippen MR) is 119 cm³/mol. The van der Waals surface area contributed by atoms with Crippen LogP contribution in [0.1, 0.15) is 55.6 Å². The Kier molecular flexibility index (Phi) is 8.81. The number of nitrogens with zero attached hydrogens (tertiary/aromatic N) is 1. The van der Waals surface area contributed by atoms with E-state index in [1.54, 1.807) is 18.2 Å². The van der Waals surface area contributed by atoms with Gasteiger partial charge in [0.25, 0.3) is 5.91 Å². The maximum absolute atomic E-state index is 13.0. The van der Waals surface area contributed by atoms with E-state index in [0.29, 0.717) is 16.5 Å². The molecule has 0 fully saturated rings. The lowest BCUT2D eigenvalue weighted by atomic mass is 9.96. The summed E-state index contributed by atoms with van der Waals surface area (Å²) in [5.74, 6) is 0.422. The molecule has 28 heavy (non-hydrogen) atoms. The van der Waals surface area contributed by atoms with Crippen molar-refractivity contribution in [2.75, 3.05) is 13.6 Å². The van der Waals surface area contributed by atoms with Crippen molar-refractivity contribution in [2.24, 2.45) is 5.92 Å². The summed E-state index contributed by atoms with van der Waals surface area (Å²) in [7, 11) is 2.12. The fourth-order valence-corrected chi connectivity index (χ4v) is 3.80. The Morgan fingerprint density at radius 1 is 1.04 bits per heavy atom. The van der Waals surface area contributed by atoms with Gasteiger partial charge < -0.3 is 10.2 Å². The second-order valence-electron chi connectivity index (χ2n) is 7.33. The molecule has 3 nitrogen and oxygen atoms in total. The molecule has 0 heterocycles. The van der Waals surface area contributed by atoms with Crippen molar-refractivity contribution in [3.05, 3.63) is 69.7 Å². The second-order valence-corrected chi connectivity index (χ2v) is 8.11. The largest absolute Gasteiger partial charge is 0.344 e. The highest BCUT2D eigenvalue weighted by Crippen LogP contribution is 2.27. The number of nitrogens with one attached hydrogen (secondary N) is 1. The van der Waals surface area contributed by atoms with Gasteiger partial charge in [-0.3, -0.25) is 4.79 Å². The third-order valence-corrected chi connectivity index (χ3v) is 6.34. The van der Waals surface area contributed by atoms with Crippen LogP contribution >= 0.6 is 23.2 Å². The maximum Gasteiger partial charge on any atom is 0.253 e. The van der Waals surface area contributed by atoms with Crippen molar-refractivity contribution in [1.29, 1.82) is 0 Å². The molecular weight excluding hydrogens is 391 g/mol. The third-order valence-electron chi connectivity index (χ3n) is 5.52. The van der Waals surface area contributed by atoms with E-state index in [-0.39, 0.29) is 23.0 Å². The highest BCUT2D eigenvalue weighted by atomic mass is 35.5. The zero-order valence-corrected chi connectivity index (χ0v) is 18.6. The summed E-state index contributed by atoms with van der Waals surface area (Å²) in [6.45, 7) is 7.60. The summed E-state index contributed by atoms with van der Waals surface area (Å²) >= 11 is 12.4. The van der Waals surface area contributed by atoms with Crippen LogP contribution in [0.25, 0.3) is 0 Å². The minimum atomic E-state index is -0.218. The summed E-state index contributed by atoms with van der Waals surface area (Å²) in [6.07, 6.45) is 2.29. The van der Waals surface area contributed by atoms with E-state index in [0.717, 1.165) is 24.9 Å². The molecule has 0 aliphatic carbocycles. The molecule has 2 aromatic carbocycles. The molecule has 0 aliphatic rings. The first kappa shape index (κ1) is 22.7. The van der Waals surface area contributed by atoms with Gasteiger partial charge in [0.15, 0.2) is 0 Å². The van der Waals surface area contributed by atoms with Gasteiger partial charge in [-0.15, -0.1) is 0 Å².